The van der Waals surface area contributed by atoms with Crippen molar-refractivity contribution in [1.82, 2.24) is 0 Å². The molecule has 0 saturated carbocycles. The van der Waals surface area contributed by atoms with E-state index in [0.717, 1.165) is 0 Å². The van der Waals surface area contributed by atoms with Gasteiger partial charge in [-0.1, -0.05) is 11.6 Å². The highest BCUT2D eigenvalue weighted by Crippen LogP contribution is 2.29. The first kappa shape index (κ1) is 8.81. The van der Waals surface area contributed by atoms with E-state index in [-0.39, 0.29) is 5.75 Å². The van der Waals surface area contributed by atoms with Crippen LogP contribution in [0, 0.1) is 5.82 Å². The molecule has 1 aromatic rings. The number of rotatable bonds is 1. The number of hydrogen-bond acceptors (Lipinski definition) is 1. The van der Waals surface area contributed by atoms with Gasteiger partial charge in [0.05, 0.1) is 12.1 Å². The van der Waals surface area contributed by atoms with Gasteiger partial charge in [-0.3, -0.25) is 0 Å². The molecule has 0 fully saturated rings. The zero-order valence-corrected chi connectivity index (χ0v) is 8.04. The molecule has 0 aromatic heterocycles. The van der Waals surface area contributed by atoms with Crippen molar-refractivity contribution in [3.8, 4) is 5.75 Å². The molecule has 0 amide bonds. The van der Waals surface area contributed by atoms with Gasteiger partial charge < -0.3 is 4.74 Å². The predicted octanol–water partition coefficient (Wildman–Crippen LogP) is 3.25. The van der Waals surface area contributed by atoms with Crippen LogP contribution < -0.4 is 4.74 Å². The van der Waals surface area contributed by atoms with E-state index >= 15 is 0 Å². The molecule has 0 aliphatic carbocycles. The van der Waals surface area contributed by atoms with E-state index in [4.69, 9.17) is 16.3 Å². The van der Waals surface area contributed by atoms with Crippen LogP contribution in [0.1, 0.15) is 0 Å². The third-order valence-corrected chi connectivity index (χ3v) is 2.39. The maximum atomic E-state index is 12.8. The first-order valence-electron chi connectivity index (χ1n) is 2.83. The Morgan fingerprint density at radius 1 is 1.55 bits per heavy atom. The predicted molar refractivity (Wildman–Crippen MR) is 45.7 cm³/mol. The second kappa shape index (κ2) is 3.41. The van der Waals surface area contributed by atoms with Gasteiger partial charge in [0.15, 0.2) is 11.6 Å². The molecule has 0 aliphatic heterocycles. The van der Waals surface area contributed by atoms with Gasteiger partial charge in [-0.15, -0.1) is 0 Å². The summed E-state index contributed by atoms with van der Waals surface area (Å²) in [5, 5.41) is 0.434. The minimum absolute atomic E-state index is 0.151. The number of hydrogen-bond donors (Lipinski definition) is 0. The van der Waals surface area contributed by atoms with Crippen LogP contribution in [0.15, 0.2) is 16.6 Å². The van der Waals surface area contributed by atoms with Gasteiger partial charge in [0, 0.05) is 10.5 Å². The largest absolute Gasteiger partial charge is 0.494 e. The second-order valence-corrected chi connectivity index (χ2v) is 3.16. The van der Waals surface area contributed by atoms with E-state index in [2.05, 4.69) is 15.9 Å². The molecular weight excluding hydrogens is 234 g/mol. The molecule has 0 aliphatic rings. The summed E-state index contributed by atoms with van der Waals surface area (Å²) in [6, 6.07) is 2.68. The van der Waals surface area contributed by atoms with E-state index < -0.39 is 5.82 Å². The normalized spacial score (nSPS) is 9.82. The van der Waals surface area contributed by atoms with Gasteiger partial charge in [-0.05, 0) is 22.0 Å². The number of methoxy groups -OCH3 is 1. The lowest BCUT2D eigenvalue weighted by Gasteiger charge is -2.02. The standard InChI is InChI=1S/C7H5BrClFO/c1-11-7-3-5(9)4(8)2-6(7)10/h2-3H,1H3. The van der Waals surface area contributed by atoms with Crippen molar-refractivity contribution in [1.29, 1.82) is 0 Å². The number of halogens is 3. The fraction of sp³-hybridized carbons (Fsp3) is 0.143. The fourth-order valence-electron chi connectivity index (χ4n) is 0.661. The Morgan fingerprint density at radius 2 is 2.18 bits per heavy atom. The van der Waals surface area contributed by atoms with Crippen LogP contribution in [0.5, 0.6) is 5.75 Å². The lowest BCUT2D eigenvalue weighted by Crippen LogP contribution is -1.87. The van der Waals surface area contributed by atoms with Gasteiger partial charge in [0.2, 0.25) is 0 Å². The molecule has 1 rings (SSSR count). The third-order valence-electron chi connectivity index (χ3n) is 1.19. The Balaban J connectivity index is 3.21. The zero-order chi connectivity index (χ0) is 8.43. The van der Waals surface area contributed by atoms with E-state index in [1.165, 1.54) is 19.2 Å². The summed E-state index contributed by atoms with van der Waals surface area (Å²) in [7, 11) is 1.39. The van der Waals surface area contributed by atoms with E-state index in [9.17, 15) is 4.39 Å². The number of benzene rings is 1. The van der Waals surface area contributed by atoms with Crippen molar-refractivity contribution in [2.24, 2.45) is 0 Å². The van der Waals surface area contributed by atoms with E-state index in [0.29, 0.717) is 9.50 Å². The minimum Gasteiger partial charge on any atom is -0.494 e. The van der Waals surface area contributed by atoms with Crippen LogP contribution in [-0.2, 0) is 0 Å². The Labute approximate surface area is 77.2 Å². The second-order valence-electron chi connectivity index (χ2n) is 1.90. The van der Waals surface area contributed by atoms with Crippen molar-refractivity contribution in [2.75, 3.05) is 7.11 Å². The summed E-state index contributed by atoms with van der Waals surface area (Å²) in [5.41, 5.74) is 0. The minimum atomic E-state index is -0.427. The molecular formula is C7H5BrClFO. The Kier molecular flexibility index (Phi) is 2.73. The third kappa shape index (κ3) is 1.84. The van der Waals surface area contributed by atoms with E-state index in [1.807, 2.05) is 0 Å². The van der Waals surface area contributed by atoms with Gasteiger partial charge in [-0.25, -0.2) is 4.39 Å². The first-order valence-corrected chi connectivity index (χ1v) is 4.00. The van der Waals surface area contributed by atoms with Gasteiger partial charge in [-0.2, -0.15) is 0 Å². The molecule has 0 N–H and O–H groups in total. The topological polar surface area (TPSA) is 9.23 Å². The first-order chi connectivity index (χ1) is 5.15. The van der Waals surface area contributed by atoms with Crippen molar-refractivity contribution in [2.45, 2.75) is 0 Å². The Hall–Kier alpha value is -0.280. The average molecular weight is 239 g/mol. The molecule has 1 nitrogen and oxygen atoms in total. The zero-order valence-electron chi connectivity index (χ0n) is 5.70. The van der Waals surface area contributed by atoms with Crippen LogP contribution in [0.25, 0.3) is 0 Å². The summed E-state index contributed by atoms with van der Waals surface area (Å²) in [4.78, 5) is 0. The van der Waals surface area contributed by atoms with Crippen molar-refractivity contribution in [3.63, 3.8) is 0 Å². The smallest absolute Gasteiger partial charge is 0.166 e. The lowest BCUT2D eigenvalue weighted by molar-refractivity contribution is 0.386. The van der Waals surface area contributed by atoms with Crippen LogP contribution in [0.2, 0.25) is 5.02 Å². The van der Waals surface area contributed by atoms with E-state index in [1.54, 1.807) is 0 Å². The van der Waals surface area contributed by atoms with Crippen molar-refractivity contribution >= 4 is 27.5 Å². The highest BCUT2D eigenvalue weighted by atomic mass is 79.9. The van der Waals surface area contributed by atoms with Gasteiger partial charge in [0.25, 0.3) is 0 Å². The van der Waals surface area contributed by atoms with Crippen LogP contribution in [0.4, 0.5) is 4.39 Å². The SMILES string of the molecule is COc1cc(Cl)c(Br)cc1F. The highest BCUT2D eigenvalue weighted by Gasteiger charge is 2.05. The molecule has 4 heteroatoms. The summed E-state index contributed by atoms with van der Waals surface area (Å²) in [6.45, 7) is 0. The van der Waals surface area contributed by atoms with Crippen molar-refractivity contribution in [3.05, 3.63) is 27.4 Å². The molecule has 1 aromatic carbocycles. The quantitative estimate of drug-likeness (QED) is 0.684. The fourth-order valence-corrected chi connectivity index (χ4v) is 1.13. The van der Waals surface area contributed by atoms with Crippen LogP contribution >= 0.6 is 27.5 Å². The highest BCUT2D eigenvalue weighted by molar-refractivity contribution is 9.10. The Bertz CT molecular complexity index is 277. The molecule has 0 heterocycles. The molecule has 0 unspecified atom stereocenters. The van der Waals surface area contributed by atoms with Crippen LogP contribution in [-0.4, -0.2) is 7.11 Å². The van der Waals surface area contributed by atoms with Crippen LogP contribution in [0.3, 0.4) is 0 Å². The van der Waals surface area contributed by atoms with Crippen molar-refractivity contribution < 1.29 is 9.13 Å². The Morgan fingerprint density at radius 3 is 2.73 bits per heavy atom. The molecule has 0 bridgehead atoms. The maximum absolute atomic E-state index is 12.8. The summed E-state index contributed by atoms with van der Waals surface area (Å²) in [5.74, 6) is -0.276. The number of ether oxygens (including phenoxy) is 1. The summed E-state index contributed by atoms with van der Waals surface area (Å²) < 4.78 is 18.0. The molecule has 11 heavy (non-hydrogen) atoms. The summed E-state index contributed by atoms with van der Waals surface area (Å²) in [6.07, 6.45) is 0. The monoisotopic (exact) mass is 238 g/mol. The summed E-state index contributed by atoms with van der Waals surface area (Å²) >= 11 is 8.75. The van der Waals surface area contributed by atoms with Gasteiger partial charge >= 0.3 is 0 Å². The molecule has 0 atom stereocenters. The molecule has 60 valence electrons. The molecule has 0 radical (unpaired) electrons. The maximum Gasteiger partial charge on any atom is 0.166 e. The lowest BCUT2D eigenvalue weighted by atomic mass is 10.3. The van der Waals surface area contributed by atoms with Gasteiger partial charge in [0.1, 0.15) is 0 Å². The molecule has 0 spiro atoms. The average Bonchev–Trinajstić information content (AvgIpc) is 1.97. The molecule has 0 saturated heterocycles.